The fraction of sp³-hybridized carbons (Fsp3) is 0.375. The highest BCUT2D eigenvalue weighted by Gasteiger charge is 2.08. The van der Waals surface area contributed by atoms with E-state index in [2.05, 4.69) is 4.98 Å². The summed E-state index contributed by atoms with van der Waals surface area (Å²) < 4.78 is 10.1. The second-order valence-electron chi connectivity index (χ2n) is 2.13. The van der Waals surface area contributed by atoms with Crippen molar-refractivity contribution in [3.63, 3.8) is 0 Å². The van der Waals surface area contributed by atoms with Crippen LogP contribution in [0.25, 0.3) is 0 Å². The second-order valence-corrected chi connectivity index (χ2v) is 2.39. The molecular formula is C8H10Cl2NO2-. The Bertz CT molecular complexity index is 246. The van der Waals surface area contributed by atoms with Crippen molar-refractivity contribution in [3.8, 4) is 11.5 Å². The van der Waals surface area contributed by atoms with Gasteiger partial charge in [-0.3, -0.25) is 4.98 Å². The molecule has 0 radical (unpaired) electrons. The molecule has 1 heterocycles. The van der Waals surface area contributed by atoms with Crippen LogP contribution in [0.5, 0.6) is 11.5 Å². The summed E-state index contributed by atoms with van der Waals surface area (Å²) >= 11 is 5.64. The van der Waals surface area contributed by atoms with Crippen molar-refractivity contribution in [3.05, 3.63) is 18.0 Å². The second kappa shape index (κ2) is 5.89. The van der Waals surface area contributed by atoms with Crippen LogP contribution in [0.1, 0.15) is 5.69 Å². The normalized spacial score (nSPS) is 8.85. The molecule has 0 aliphatic carbocycles. The zero-order chi connectivity index (χ0) is 8.97. The highest BCUT2D eigenvalue weighted by Crippen LogP contribution is 2.29. The molecule has 1 rings (SSSR count). The zero-order valence-electron chi connectivity index (χ0n) is 7.38. The first-order valence-corrected chi connectivity index (χ1v) is 3.98. The summed E-state index contributed by atoms with van der Waals surface area (Å²) in [7, 11) is 3.14. The molecule has 0 bridgehead atoms. The predicted octanol–water partition coefficient (Wildman–Crippen LogP) is -1.16. The maximum atomic E-state index is 5.64. The maximum Gasteiger partial charge on any atom is 0.183 e. The average molecular weight is 223 g/mol. The number of hydrogen-bond acceptors (Lipinski definition) is 3. The first-order valence-electron chi connectivity index (χ1n) is 3.45. The lowest BCUT2D eigenvalue weighted by Crippen LogP contribution is -3.00. The van der Waals surface area contributed by atoms with E-state index in [1.807, 2.05) is 0 Å². The van der Waals surface area contributed by atoms with E-state index < -0.39 is 0 Å². The minimum absolute atomic E-state index is 0. The molecule has 5 heteroatoms. The van der Waals surface area contributed by atoms with E-state index in [0.29, 0.717) is 23.1 Å². The van der Waals surface area contributed by atoms with Gasteiger partial charge >= 0.3 is 0 Å². The molecule has 3 nitrogen and oxygen atoms in total. The lowest BCUT2D eigenvalue weighted by Gasteiger charge is -2.08. The monoisotopic (exact) mass is 222 g/mol. The molecule has 0 amide bonds. The van der Waals surface area contributed by atoms with Gasteiger partial charge in [0.25, 0.3) is 0 Å². The molecule has 74 valence electrons. The summed E-state index contributed by atoms with van der Waals surface area (Å²) in [4.78, 5) is 4.04. The van der Waals surface area contributed by atoms with Gasteiger partial charge in [-0.15, -0.1) is 11.6 Å². The summed E-state index contributed by atoms with van der Waals surface area (Å²) in [6, 6.07) is 1.73. The van der Waals surface area contributed by atoms with E-state index in [1.54, 1.807) is 26.5 Å². The molecule has 0 saturated heterocycles. The summed E-state index contributed by atoms with van der Waals surface area (Å²) in [6.07, 6.45) is 1.64. The smallest absolute Gasteiger partial charge is 0.183 e. The Morgan fingerprint density at radius 1 is 1.38 bits per heavy atom. The number of pyridine rings is 1. The molecule has 0 aliphatic heterocycles. The average Bonchev–Trinajstić information content (AvgIpc) is 2.16. The van der Waals surface area contributed by atoms with Gasteiger partial charge in [-0.2, -0.15) is 0 Å². The molecule has 13 heavy (non-hydrogen) atoms. The van der Waals surface area contributed by atoms with Crippen molar-refractivity contribution in [2.45, 2.75) is 5.88 Å². The molecule has 1 aromatic heterocycles. The van der Waals surface area contributed by atoms with Crippen LogP contribution in [0.15, 0.2) is 12.3 Å². The number of alkyl halides is 1. The number of nitrogens with zero attached hydrogens (tertiary/aromatic N) is 1. The Hall–Kier alpha value is -0.670. The molecular weight excluding hydrogens is 213 g/mol. The molecule has 0 aromatic carbocycles. The lowest BCUT2D eigenvalue weighted by molar-refractivity contribution is -0.00000303. The highest BCUT2D eigenvalue weighted by atomic mass is 35.5. The van der Waals surface area contributed by atoms with Gasteiger partial charge in [-0.1, -0.05) is 0 Å². The minimum Gasteiger partial charge on any atom is -1.00 e. The Balaban J connectivity index is 0.00000144. The van der Waals surface area contributed by atoms with Crippen molar-refractivity contribution in [1.29, 1.82) is 0 Å². The van der Waals surface area contributed by atoms with Gasteiger partial charge < -0.3 is 21.9 Å². The number of halogens is 2. The number of aromatic nitrogens is 1. The van der Waals surface area contributed by atoms with Gasteiger partial charge in [0.2, 0.25) is 0 Å². The molecule has 0 spiro atoms. The van der Waals surface area contributed by atoms with Gasteiger partial charge in [-0.25, -0.2) is 0 Å². The third-order valence-corrected chi connectivity index (χ3v) is 1.75. The van der Waals surface area contributed by atoms with Crippen LogP contribution in [0, 0.1) is 0 Å². The van der Waals surface area contributed by atoms with Crippen molar-refractivity contribution < 1.29 is 21.9 Å². The van der Waals surface area contributed by atoms with Crippen LogP contribution < -0.4 is 21.9 Å². The van der Waals surface area contributed by atoms with E-state index in [1.165, 1.54) is 0 Å². The van der Waals surface area contributed by atoms with Crippen molar-refractivity contribution in [1.82, 2.24) is 4.98 Å². The quantitative estimate of drug-likeness (QED) is 0.606. The standard InChI is InChI=1S/C8H10ClNO2.ClH/c1-11-7-3-4-10-6(5-9)8(7)12-2;/h3-4H,5H2,1-2H3;1H/p-1. The molecule has 0 N–H and O–H groups in total. The van der Waals surface area contributed by atoms with E-state index in [0.717, 1.165) is 0 Å². The summed E-state index contributed by atoms with van der Waals surface area (Å²) in [5.74, 6) is 1.58. The highest BCUT2D eigenvalue weighted by molar-refractivity contribution is 6.17. The Morgan fingerprint density at radius 2 is 2.08 bits per heavy atom. The number of ether oxygens (including phenoxy) is 2. The third-order valence-electron chi connectivity index (χ3n) is 1.49. The van der Waals surface area contributed by atoms with Crippen LogP contribution in [-0.4, -0.2) is 19.2 Å². The lowest BCUT2D eigenvalue weighted by atomic mass is 10.3. The number of methoxy groups -OCH3 is 2. The molecule has 0 atom stereocenters. The van der Waals surface area contributed by atoms with Gasteiger partial charge in [0.05, 0.1) is 20.1 Å². The molecule has 0 unspecified atom stereocenters. The van der Waals surface area contributed by atoms with Crippen molar-refractivity contribution in [2.24, 2.45) is 0 Å². The first-order chi connectivity index (χ1) is 5.83. The summed E-state index contributed by atoms with van der Waals surface area (Å²) in [5.41, 5.74) is 0.693. The fourth-order valence-corrected chi connectivity index (χ4v) is 1.14. The first kappa shape index (κ1) is 12.3. The van der Waals surface area contributed by atoms with Crippen LogP contribution in [0.3, 0.4) is 0 Å². The molecule has 0 saturated carbocycles. The van der Waals surface area contributed by atoms with E-state index >= 15 is 0 Å². The summed E-state index contributed by atoms with van der Waals surface area (Å²) in [6.45, 7) is 0. The number of hydrogen-bond donors (Lipinski definition) is 0. The van der Waals surface area contributed by atoms with E-state index in [4.69, 9.17) is 21.1 Å². The van der Waals surface area contributed by atoms with Gasteiger partial charge in [0.1, 0.15) is 5.69 Å². The van der Waals surface area contributed by atoms with Crippen LogP contribution >= 0.6 is 11.6 Å². The van der Waals surface area contributed by atoms with Gasteiger partial charge in [0.15, 0.2) is 11.5 Å². The Kier molecular flexibility index (Phi) is 5.58. The Labute approximate surface area is 88.4 Å². The minimum atomic E-state index is 0. The largest absolute Gasteiger partial charge is 1.00 e. The predicted molar refractivity (Wildman–Crippen MR) is 46.9 cm³/mol. The van der Waals surface area contributed by atoms with Crippen LogP contribution in [0.2, 0.25) is 0 Å². The SMILES string of the molecule is COc1ccnc(CCl)c1OC.[Cl-]. The van der Waals surface area contributed by atoms with Crippen LogP contribution in [-0.2, 0) is 5.88 Å². The molecule has 0 fully saturated rings. The van der Waals surface area contributed by atoms with E-state index in [-0.39, 0.29) is 12.4 Å². The van der Waals surface area contributed by atoms with Crippen molar-refractivity contribution in [2.75, 3.05) is 14.2 Å². The Morgan fingerprint density at radius 3 is 2.54 bits per heavy atom. The fourth-order valence-electron chi connectivity index (χ4n) is 0.946. The van der Waals surface area contributed by atoms with Gasteiger partial charge in [0, 0.05) is 12.3 Å². The third kappa shape index (κ3) is 2.64. The van der Waals surface area contributed by atoms with Crippen molar-refractivity contribution >= 4 is 11.6 Å². The summed E-state index contributed by atoms with van der Waals surface area (Å²) in [5, 5.41) is 0. The van der Waals surface area contributed by atoms with Crippen LogP contribution in [0.4, 0.5) is 0 Å². The maximum absolute atomic E-state index is 5.64. The zero-order valence-corrected chi connectivity index (χ0v) is 8.89. The number of rotatable bonds is 3. The van der Waals surface area contributed by atoms with Gasteiger partial charge in [-0.05, 0) is 0 Å². The molecule has 1 aromatic rings. The topological polar surface area (TPSA) is 31.4 Å². The van der Waals surface area contributed by atoms with E-state index in [9.17, 15) is 0 Å². The molecule has 0 aliphatic rings.